The maximum absolute atomic E-state index is 12.9. The molecule has 0 spiro atoms. The van der Waals surface area contributed by atoms with E-state index >= 15 is 0 Å². The molecule has 2 N–H and O–H groups in total. The first-order chi connectivity index (χ1) is 14.4. The van der Waals surface area contributed by atoms with E-state index in [9.17, 15) is 14.4 Å². The Morgan fingerprint density at radius 3 is 2.73 bits per heavy atom. The number of hydrogen-bond acceptors (Lipinski definition) is 5. The molecule has 0 radical (unpaired) electrons. The molecule has 1 fully saturated rings. The van der Waals surface area contributed by atoms with Crippen LogP contribution < -0.4 is 20.1 Å². The fourth-order valence-electron chi connectivity index (χ4n) is 3.67. The average molecular weight is 409 g/mol. The number of nitrogens with one attached hydrogen (secondary N) is 2. The molecule has 156 valence electrons. The minimum absolute atomic E-state index is 0.164. The summed E-state index contributed by atoms with van der Waals surface area (Å²) < 4.78 is 10.7. The summed E-state index contributed by atoms with van der Waals surface area (Å²) in [4.78, 5) is 38.7. The van der Waals surface area contributed by atoms with E-state index in [1.54, 1.807) is 19.1 Å². The zero-order valence-corrected chi connectivity index (χ0v) is 16.9. The summed E-state index contributed by atoms with van der Waals surface area (Å²) in [7, 11) is 0. The Hall–Kier alpha value is -3.55. The topological polar surface area (TPSA) is 97.0 Å². The zero-order chi connectivity index (χ0) is 21.3. The highest BCUT2D eigenvalue weighted by molar-refractivity contribution is 6.08. The number of urea groups is 1. The van der Waals surface area contributed by atoms with Gasteiger partial charge in [0.1, 0.15) is 12.1 Å². The second-order valence-electron chi connectivity index (χ2n) is 7.72. The minimum Gasteiger partial charge on any atom is -0.454 e. The number of benzene rings is 2. The van der Waals surface area contributed by atoms with Crippen LogP contribution in [0.2, 0.25) is 0 Å². The van der Waals surface area contributed by atoms with Gasteiger partial charge in [0.15, 0.2) is 11.5 Å². The molecule has 4 amide bonds. The van der Waals surface area contributed by atoms with Gasteiger partial charge in [-0.1, -0.05) is 30.3 Å². The molecule has 2 heterocycles. The van der Waals surface area contributed by atoms with Crippen molar-refractivity contribution in [2.24, 2.45) is 0 Å². The second-order valence-corrected chi connectivity index (χ2v) is 7.72. The molecule has 2 aromatic rings. The van der Waals surface area contributed by atoms with E-state index in [1.165, 1.54) is 0 Å². The molecule has 2 aliphatic rings. The first-order valence-corrected chi connectivity index (χ1v) is 9.69. The van der Waals surface area contributed by atoms with Crippen molar-refractivity contribution in [1.29, 1.82) is 0 Å². The SMILES string of the molecule is Cc1ccccc1CNC(=O)CN1C(=O)N[C@@](C)(Cc2ccc3c(c2)OCO3)C1=O. The summed E-state index contributed by atoms with van der Waals surface area (Å²) in [6.07, 6.45) is 0.273. The van der Waals surface area contributed by atoms with E-state index < -0.39 is 23.4 Å². The summed E-state index contributed by atoms with van der Waals surface area (Å²) in [5, 5.41) is 5.49. The van der Waals surface area contributed by atoms with Gasteiger partial charge in [0, 0.05) is 13.0 Å². The molecule has 1 atom stereocenters. The number of carbonyl (C=O) groups is 3. The van der Waals surface area contributed by atoms with Crippen molar-refractivity contribution < 1.29 is 23.9 Å². The van der Waals surface area contributed by atoms with Crippen LogP contribution >= 0.6 is 0 Å². The van der Waals surface area contributed by atoms with Gasteiger partial charge >= 0.3 is 6.03 Å². The second kappa shape index (κ2) is 7.70. The van der Waals surface area contributed by atoms with Crippen molar-refractivity contribution in [2.45, 2.75) is 32.4 Å². The van der Waals surface area contributed by atoms with Crippen molar-refractivity contribution in [2.75, 3.05) is 13.3 Å². The van der Waals surface area contributed by atoms with Crippen LogP contribution in [0.25, 0.3) is 0 Å². The van der Waals surface area contributed by atoms with E-state index in [0.29, 0.717) is 18.0 Å². The summed E-state index contributed by atoms with van der Waals surface area (Å²) in [6, 6.07) is 12.5. The van der Waals surface area contributed by atoms with Gasteiger partial charge in [-0.3, -0.25) is 14.5 Å². The van der Waals surface area contributed by atoms with Gasteiger partial charge in [-0.2, -0.15) is 0 Å². The van der Waals surface area contributed by atoms with Crippen LogP contribution in [0.15, 0.2) is 42.5 Å². The van der Waals surface area contributed by atoms with E-state index in [4.69, 9.17) is 9.47 Å². The fourth-order valence-corrected chi connectivity index (χ4v) is 3.67. The van der Waals surface area contributed by atoms with Gasteiger partial charge < -0.3 is 20.1 Å². The standard InChI is InChI=1S/C22H23N3O5/c1-14-5-3-4-6-16(14)11-23-19(26)12-25-20(27)22(2,24-21(25)28)10-15-7-8-17-18(9-15)30-13-29-17/h3-9H,10-13H2,1-2H3,(H,23,26)(H,24,28)/t22-/m0/s1. The smallest absolute Gasteiger partial charge is 0.325 e. The highest BCUT2D eigenvalue weighted by Crippen LogP contribution is 2.34. The van der Waals surface area contributed by atoms with Crippen molar-refractivity contribution in [1.82, 2.24) is 15.5 Å². The predicted molar refractivity (Wildman–Crippen MR) is 108 cm³/mol. The van der Waals surface area contributed by atoms with Gasteiger partial charge in [-0.25, -0.2) is 4.79 Å². The van der Waals surface area contributed by atoms with Crippen molar-refractivity contribution in [3.05, 3.63) is 59.2 Å². The third-order valence-electron chi connectivity index (χ3n) is 5.38. The molecule has 0 saturated carbocycles. The lowest BCUT2D eigenvalue weighted by Crippen LogP contribution is -2.46. The van der Waals surface area contributed by atoms with Crippen LogP contribution in [-0.2, 0) is 22.6 Å². The first-order valence-electron chi connectivity index (χ1n) is 9.69. The number of aryl methyl sites for hydroxylation is 1. The molecule has 0 aliphatic carbocycles. The molecule has 2 aliphatic heterocycles. The number of ether oxygens (including phenoxy) is 2. The van der Waals surface area contributed by atoms with Crippen LogP contribution in [0, 0.1) is 6.92 Å². The van der Waals surface area contributed by atoms with Crippen LogP contribution in [-0.4, -0.2) is 41.6 Å². The Morgan fingerprint density at radius 2 is 1.93 bits per heavy atom. The van der Waals surface area contributed by atoms with Crippen LogP contribution in [0.3, 0.4) is 0 Å². The molecule has 4 rings (SSSR count). The summed E-state index contributed by atoms with van der Waals surface area (Å²) >= 11 is 0. The van der Waals surface area contributed by atoms with E-state index in [2.05, 4.69) is 10.6 Å². The molecule has 30 heavy (non-hydrogen) atoms. The van der Waals surface area contributed by atoms with Crippen molar-refractivity contribution in [3.63, 3.8) is 0 Å². The monoisotopic (exact) mass is 409 g/mol. The molecule has 0 unspecified atom stereocenters. The van der Waals surface area contributed by atoms with Gasteiger partial charge in [0.2, 0.25) is 12.7 Å². The lowest BCUT2D eigenvalue weighted by atomic mass is 9.92. The maximum atomic E-state index is 12.9. The number of carbonyl (C=O) groups excluding carboxylic acids is 3. The number of rotatable bonds is 6. The number of nitrogens with zero attached hydrogens (tertiary/aromatic N) is 1. The minimum atomic E-state index is -1.14. The fraction of sp³-hybridized carbons (Fsp3) is 0.318. The molecular formula is C22H23N3O5. The summed E-state index contributed by atoms with van der Waals surface area (Å²) in [5.74, 6) is 0.434. The van der Waals surface area contributed by atoms with Crippen LogP contribution in [0.4, 0.5) is 4.79 Å². The van der Waals surface area contributed by atoms with Gasteiger partial charge in [-0.05, 0) is 42.7 Å². The molecular weight excluding hydrogens is 386 g/mol. The third kappa shape index (κ3) is 3.80. The Morgan fingerprint density at radius 1 is 1.17 bits per heavy atom. The largest absolute Gasteiger partial charge is 0.454 e. The van der Waals surface area contributed by atoms with E-state index in [0.717, 1.165) is 21.6 Å². The Balaban J connectivity index is 1.39. The molecule has 2 aromatic carbocycles. The number of imide groups is 1. The summed E-state index contributed by atoms with van der Waals surface area (Å²) in [6.45, 7) is 3.79. The van der Waals surface area contributed by atoms with E-state index in [1.807, 2.05) is 37.3 Å². The predicted octanol–water partition coefficient (Wildman–Crippen LogP) is 1.89. The maximum Gasteiger partial charge on any atom is 0.325 e. The molecule has 8 heteroatoms. The lowest BCUT2D eigenvalue weighted by molar-refractivity contribution is -0.134. The Kier molecular flexibility index (Phi) is 5.07. The molecule has 8 nitrogen and oxygen atoms in total. The quantitative estimate of drug-likeness (QED) is 0.711. The van der Waals surface area contributed by atoms with Crippen LogP contribution in [0.5, 0.6) is 11.5 Å². The van der Waals surface area contributed by atoms with E-state index in [-0.39, 0.29) is 19.8 Å². The normalized spacial score (nSPS) is 19.7. The van der Waals surface area contributed by atoms with Crippen molar-refractivity contribution in [3.8, 4) is 11.5 Å². The Labute approximate surface area is 174 Å². The average Bonchev–Trinajstić information content (AvgIpc) is 3.25. The highest BCUT2D eigenvalue weighted by Gasteiger charge is 2.48. The zero-order valence-electron chi connectivity index (χ0n) is 16.9. The molecule has 0 bridgehead atoms. The van der Waals surface area contributed by atoms with Crippen LogP contribution in [0.1, 0.15) is 23.6 Å². The lowest BCUT2D eigenvalue weighted by Gasteiger charge is -2.22. The third-order valence-corrected chi connectivity index (χ3v) is 5.38. The Bertz CT molecular complexity index is 1020. The first kappa shape index (κ1) is 19.8. The highest BCUT2D eigenvalue weighted by atomic mass is 16.7. The number of amides is 4. The van der Waals surface area contributed by atoms with Gasteiger partial charge in [0.25, 0.3) is 5.91 Å². The number of hydrogen-bond donors (Lipinski definition) is 2. The molecule has 1 saturated heterocycles. The summed E-state index contributed by atoms with van der Waals surface area (Å²) in [5.41, 5.74) is 1.72. The number of fused-ring (bicyclic) bond motifs is 1. The van der Waals surface area contributed by atoms with Gasteiger partial charge in [0.05, 0.1) is 0 Å². The van der Waals surface area contributed by atoms with Crippen molar-refractivity contribution >= 4 is 17.8 Å². The van der Waals surface area contributed by atoms with Gasteiger partial charge in [-0.15, -0.1) is 0 Å². The molecule has 0 aromatic heterocycles.